The Morgan fingerprint density at radius 2 is 1.82 bits per heavy atom. The second-order valence-corrected chi connectivity index (χ2v) is 4.94. The van der Waals surface area contributed by atoms with Gasteiger partial charge in [0.25, 0.3) is 0 Å². The zero-order valence-corrected chi connectivity index (χ0v) is 10.4. The van der Waals surface area contributed by atoms with E-state index in [4.69, 9.17) is 11.1 Å². The smallest absolute Gasteiger partial charge is 0.123 e. The van der Waals surface area contributed by atoms with Gasteiger partial charge in [-0.15, -0.1) is 0 Å². The van der Waals surface area contributed by atoms with Crippen LogP contribution in [0.3, 0.4) is 0 Å². The summed E-state index contributed by atoms with van der Waals surface area (Å²) >= 11 is 1.63. The molecule has 2 rings (SSSR count). The van der Waals surface area contributed by atoms with Crippen molar-refractivity contribution in [2.75, 3.05) is 0 Å². The molecular formula is C14H14N2S. The van der Waals surface area contributed by atoms with Gasteiger partial charge in [-0.1, -0.05) is 41.6 Å². The zero-order chi connectivity index (χ0) is 12.3. The van der Waals surface area contributed by atoms with E-state index in [0.717, 1.165) is 20.9 Å². The fraction of sp³-hybridized carbons (Fsp3) is 0.0714. The molecule has 0 spiro atoms. The minimum absolute atomic E-state index is 0.118. The van der Waals surface area contributed by atoms with Crippen molar-refractivity contribution in [2.45, 2.75) is 16.7 Å². The molecule has 0 radical (unpaired) electrons. The first-order valence-corrected chi connectivity index (χ1v) is 6.16. The number of nitrogens with one attached hydrogen (secondary N) is 1. The van der Waals surface area contributed by atoms with E-state index in [9.17, 15) is 0 Å². The molecule has 0 heterocycles. The minimum Gasteiger partial charge on any atom is -0.384 e. The third-order valence-corrected chi connectivity index (χ3v) is 3.48. The molecule has 2 nitrogen and oxygen atoms in total. The molecule has 0 aliphatic rings. The lowest BCUT2D eigenvalue weighted by Crippen LogP contribution is -2.12. The van der Waals surface area contributed by atoms with Crippen molar-refractivity contribution in [1.29, 1.82) is 5.41 Å². The Balaban J connectivity index is 2.36. The number of benzene rings is 2. The van der Waals surface area contributed by atoms with Crippen molar-refractivity contribution in [1.82, 2.24) is 0 Å². The van der Waals surface area contributed by atoms with E-state index in [1.54, 1.807) is 11.8 Å². The maximum absolute atomic E-state index is 7.60. The maximum atomic E-state index is 7.60. The lowest BCUT2D eigenvalue weighted by Gasteiger charge is -2.08. The number of amidine groups is 1. The molecule has 3 heteroatoms. The Labute approximate surface area is 105 Å². The number of rotatable bonds is 3. The predicted molar refractivity (Wildman–Crippen MR) is 72.8 cm³/mol. The molecule has 0 atom stereocenters. The fourth-order valence-corrected chi connectivity index (χ4v) is 2.52. The molecule has 0 fully saturated rings. The molecule has 0 saturated heterocycles. The van der Waals surface area contributed by atoms with Gasteiger partial charge in [0, 0.05) is 15.4 Å². The Morgan fingerprint density at radius 3 is 2.47 bits per heavy atom. The van der Waals surface area contributed by atoms with Crippen LogP contribution in [0.25, 0.3) is 0 Å². The number of aryl methyl sites for hydroxylation is 1. The van der Waals surface area contributed by atoms with Gasteiger partial charge in [-0.25, -0.2) is 0 Å². The Morgan fingerprint density at radius 1 is 1.12 bits per heavy atom. The molecule has 0 saturated carbocycles. The van der Waals surface area contributed by atoms with Crippen LogP contribution < -0.4 is 5.73 Å². The van der Waals surface area contributed by atoms with E-state index < -0.39 is 0 Å². The molecule has 0 bridgehead atoms. The molecule has 0 unspecified atom stereocenters. The summed E-state index contributed by atoms with van der Waals surface area (Å²) in [7, 11) is 0. The van der Waals surface area contributed by atoms with Crippen molar-refractivity contribution in [3.63, 3.8) is 0 Å². The molecule has 17 heavy (non-hydrogen) atoms. The van der Waals surface area contributed by atoms with Crippen LogP contribution in [0.5, 0.6) is 0 Å². The van der Waals surface area contributed by atoms with Crippen LogP contribution in [-0.2, 0) is 0 Å². The van der Waals surface area contributed by atoms with Crippen molar-refractivity contribution in [3.05, 3.63) is 59.7 Å². The molecule has 0 amide bonds. The van der Waals surface area contributed by atoms with E-state index in [0.29, 0.717) is 0 Å². The SMILES string of the molecule is Cc1ccc(Sc2ccccc2)c(C(=N)N)c1. The third-order valence-electron chi connectivity index (χ3n) is 2.40. The summed E-state index contributed by atoms with van der Waals surface area (Å²) < 4.78 is 0. The standard InChI is InChI=1S/C14H14N2S/c1-10-7-8-13(12(9-10)14(15)16)17-11-5-3-2-4-6-11/h2-9H,1H3,(H3,15,16). The highest BCUT2D eigenvalue weighted by atomic mass is 32.2. The van der Waals surface area contributed by atoms with E-state index in [1.165, 1.54) is 0 Å². The summed E-state index contributed by atoms with van der Waals surface area (Å²) in [5.41, 5.74) is 7.53. The highest BCUT2D eigenvalue weighted by molar-refractivity contribution is 7.99. The van der Waals surface area contributed by atoms with Crippen molar-refractivity contribution in [3.8, 4) is 0 Å². The van der Waals surface area contributed by atoms with Crippen molar-refractivity contribution in [2.24, 2.45) is 5.73 Å². The Hall–Kier alpha value is -1.74. The Bertz CT molecular complexity index is 535. The van der Waals surface area contributed by atoms with Crippen LogP contribution in [0.15, 0.2) is 58.3 Å². The van der Waals surface area contributed by atoms with Gasteiger partial charge >= 0.3 is 0 Å². The van der Waals surface area contributed by atoms with Gasteiger partial charge in [-0.05, 0) is 31.2 Å². The average molecular weight is 242 g/mol. The molecule has 2 aromatic rings. The summed E-state index contributed by atoms with van der Waals surface area (Å²) in [5.74, 6) is 0.118. The fourth-order valence-electron chi connectivity index (χ4n) is 1.56. The highest BCUT2D eigenvalue weighted by Crippen LogP contribution is 2.30. The maximum Gasteiger partial charge on any atom is 0.123 e. The van der Waals surface area contributed by atoms with Crippen LogP contribution in [-0.4, -0.2) is 5.84 Å². The quantitative estimate of drug-likeness (QED) is 0.640. The van der Waals surface area contributed by atoms with Crippen molar-refractivity contribution >= 4 is 17.6 Å². The summed E-state index contributed by atoms with van der Waals surface area (Å²) in [6, 6.07) is 16.1. The first-order valence-electron chi connectivity index (χ1n) is 5.35. The molecule has 0 aromatic heterocycles. The van der Waals surface area contributed by atoms with Crippen LogP contribution in [0.2, 0.25) is 0 Å². The summed E-state index contributed by atoms with van der Waals surface area (Å²) in [5, 5.41) is 7.60. The summed E-state index contributed by atoms with van der Waals surface area (Å²) in [6.07, 6.45) is 0. The zero-order valence-electron chi connectivity index (χ0n) is 9.60. The highest BCUT2D eigenvalue weighted by Gasteiger charge is 2.07. The van der Waals surface area contributed by atoms with Crippen LogP contribution >= 0.6 is 11.8 Å². The number of nitrogen functional groups attached to an aromatic ring is 1. The van der Waals surface area contributed by atoms with E-state index in [1.807, 2.05) is 43.3 Å². The summed E-state index contributed by atoms with van der Waals surface area (Å²) in [6.45, 7) is 2.00. The molecular weight excluding hydrogens is 228 g/mol. The third kappa shape index (κ3) is 2.88. The molecule has 0 aliphatic heterocycles. The molecule has 2 aromatic carbocycles. The second kappa shape index (κ2) is 5.06. The van der Waals surface area contributed by atoms with Gasteiger partial charge in [0.05, 0.1) is 0 Å². The number of hydrogen-bond acceptors (Lipinski definition) is 2. The van der Waals surface area contributed by atoms with E-state index in [-0.39, 0.29) is 5.84 Å². The van der Waals surface area contributed by atoms with E-state index in [2.05, 4.69) is 12.1 Å². The monoisotopic (exact) mass is 242 g/mol. The number of nitrogens with two attached hydrogens (primary N) is 1. The second-order valence-electron chi connectivity index (χ2n) is 3.83. The molecule has 0 aliphatic carbocycles. The van der Waals surface area contributed by atoms with Crippen LogP contribution in [0.4, 0.5) is 0 Å². The predicted octanol–water partition coefficient (Wildman–Crippen LogP) is 3.43. The minimum atomic E-state index is 0.118. The van der Waals surface area contributed by atoms with Gasteiger partial charge in [0.1, 0.15) is 5.84 Å². The van der Waals surface area contributed by atoms with Crippen molar-refractivity contribution < 1.29 is 0 Å². The van der Waals surface area contributed by atoms with Crippen LogP contribution in [0.1, 0.15) is 11.1 Å². The molecule has 3 N–H and O–H groups in total. The first-order chi connectivity index (χ1) is 8.16. The van der Waals surface area contributed by atoms with E-state index >= 15 is 0 Å². The Kier molecular flexibility index (Phi) is 3.49. The first kappa shape index (κ1) is 11.7. The number of hydrogen-bond donors (Lipinski definition) is 2. The van der Waals surface area contributed by atoms with Gasteiger partial charge in [-0.3, -0.25) is 5.41 Å². The van der Waals surface area contributed by atoms with Crippen LogP contribution in [0, 0.1) is 12.3 Å². The largest absolute Gasteiger partial charge is 0.384 e. The molecule has 86 valence electrons. The van der Waals surface area contributed by atoms with Gasteiger partial charge in [0.15, 0.2) is 0 Å². The van der Waals surface area contributed by atoms with Gasteiger partial charge in [0.2, 0.25) is 0 Å². The van der Waals surface area contributed by atoms with Gasteiger partial charge < -0.3 is 5.73 Å². The lowest BCUT2D eigenvalue weighted by atomic mass is 10.1. The van der Waals surface area contributed by atoms with Gasteiger partial charge in [-0.2, -0.15) is 0 Å². The normalized spacial score (nSPS) is 10.2. The average Bonchev–Trinajstić information content (AvgIpc) is 2.32. The lowest BCUT2D eigenvalue weighted by molar-refractivity contribution is 1.30. The topological polar surface area (TPSA) is 49.9 Å². The summed E-state index contributed by atoms with van der Waals surface area (Å²) in [4.78, 5) is 2.17.